The molecular formula is C17H25N3O3. The normalized spacial score (nSPS) is 15.3. The molecule has 2 rings (SSSR count). The summed E-state index contributed by atoms with van der Waals surface area (Å²) in [6.07, 6.45) is 0.236. The molecule has 0 bridgehead atoms. The van der Waals surface area contributed by atoms with Crippen LogP contribution in [0.15, 0.2) is 30.3 Å². The summed E-state index contributed by atoms with van der Waals surface area (Å²) in [5.41, 5.74) is 1.10. The molecule has 23 heavy (non-hydrogen) atoms. The van der Waals surface area contributed by atoms with Gasteiger partial charge in [-0.3, -0.25) is 9.69 Å². The molecule has 1 fully saturated rings. The van der Waals surface area contributed by atoms with Crippen LogP contribution in [0.1, 0.15) is 18.9 Å². The maximum absolute atomic E-state index is 11.9. The van der Waals surface area contributed by atoms with Crippen LogP contribution in [-0.4, -0.2) is 61.1 Å². The molecule has 0 saturated carbocycles. The van der Waals surface area contributed by atoms with E-state index in [0.29, 0.717) is 32.7 Å². The number of nitrogens with zero attached hydrogens (tertiary/aromatic N) is 2. The Bertz CT molecular complexity index is 499. The van der Waals surface area contributed by atoms with Crippen molar-refractivity contribution in [3.63, 3.8) is 0 Å². The minimum Gasteiger partial charge on any atom is -0.450 e. The number of rotatable bonds is 6. The quantitative estimate of drug-likeness (QED) is 0.862. The zero-order chi connectivity index (χ0) is 16.5. The lowest BCUT2D eigenvalue weighted by molar-refractivity contribution is -0.121. The van der Waals surface area contributed by atoms with Crippen molar-refractivity contribution in [3.8, 4) is 0 Å². The zero-order valence-electron chi connectivity index (χ0n) is 13.7. The number of benzene rings is 1. The van der Waals surface area contributed by atoms with Crippen molar-refractivity contribution >= 4 is 12.0 Å². The van der Waals surface area contributed by atoms with Gasteiger partial charge in [0.1, 0.15) is 0 Å². The van der Waals surface area contributed by atoms with E-state index < -0.39 is 0 Å². The smallest absolute Gasteiger partial charge is 0.409 e. The van der Waals surface area contributed by atoms with Gasteiger partial charge in [0, 0.05) is 45.7 Å². The fraction of sp³-hybridized carbons (Fsp3) is 0.529. The molecule has 0 atom stereocenters. The molecule has 1 saturated heterocycles. The molecule has 0 radical (unpaired) electrons. The summed E-state index contributed by atoms with van der Waals surface area (Å²) in [4.78, 5) is 27.4. The molecule has 1 heterocycles. The van der Waals surface area contributed by atoms with E-state index >= 15 is 0 Å². The average molecular weight is 319 g/mol. The number of nitrogens with one attached hydrogen (secondary N) is 1. The first-order valence-corrected chi connectivity index (χ1v) is 8.13. The van der Waals surface area contributed by atoms with Gasteiger partial charge in [0.25, 0.3) is 0 Å². The van der Waals surface area contributed by atoms with Crippen LogP contribution < -0.4 is 5.32 Å². The number of ether oxygens (including phenoxy) is 1. The van der Waals surface area contributed by atoms with Crippen molar-refractivity contribution in [3.05, 3.63) is 35.9 Å². The van der Waals surface area contributed by atoms with Gasteiger partial charge in [-0.1, -0.05) is 30.3 Å². The van der Waals surface area contributed by atoms with Crippen LogP contribution in [0, 0.1) is 0 Å². The van der Waals surface area contributed by atoms with Gasteiger partial charge in [0.05, 0.1) is 6.61 Å². The average Bonchev–Trinajstić information content (AvgIpc) is 2.59. The zero-order valence-corrected chi connectivity index (χ0v) is 13.7. The molecular weight excluding hydrogens is 294 g/mol. The fourth-order valence-corrected chi connectivity index (χ4v) is 2.51. The molecule has 2 amide bonds. The highest BCUT2D eigenvalue weighted by molar-refractivity contribution is 5.76. The minimum absolute atomic E-state index is 0.0571. The topological polar surface area (TPSA) is 61.9 Å². The van der Waals surface area contributed by atoms with E-state index in [1.54, 1.807) is 4.90 Å². The second-order valence-corrected chi connectivity index (χ2v) is 5.54. The third-order valence-electron chi connectivity index (χ3n) is 3.89. The monoisotopic (exact) mass is 319 g/mol. The van der Waals surface area contributed by atoms with Crippen LogP contribution in [0.4, 0.5) is 4.79 Å². The maximum atomic E-state index is 11.9. The number of carbonyl (C=O) groups excluding carboxylic acids is 2. The van der Waals surface area contributed by atoms with E-state index in [2.05, 4.69) is 10.2 Å². The Morgan fingerprint density at radius 3 is 2.48 bits per heavy atom. The standard InChI is InChI=1S/C17H25N3O3/c1-2-23-17(22)20-12-10-19(11-13-20)9-8-16(21)18-14-15-6-4-3-5-7-15/h3-7H,2,8-14H2,1H3,(H,18,21). The molecule has 1 aromatic carbocycles. The molecule has 1 N–H and O–H groups in total. The Balaban J connectivity index is 1.61. The molecule has 1 aromatic rings. The van der Waals surface area contributed by atoms with Crippen molar-refractivity contribution < 1.29 is 14.3 Å². The summed E-state index contributed by atoms with van der Waals surface area (Å²) >= 11 is 0. The Labute approximate surface area is 137 Å². The number of hydrogen-bond acceptors (Lipinski definition) is 4. The van der Waals surface area contributed by atoms with Gasteiger partial charge in [0.2, 0.25) is 5.91 Å². The number of amides is 2. The first-order chi connectivity index (χ1) is 11.2. The first-order valence-electron chi connectivity index (χ1n) is 8.13. The Morgan fingerprint density at radius 1 is 1.13 bits per heavy atom. The van der Waals surface area contributed by atoms with Crippen LogP contribution in [-0.2, 0) is 16.1 Å². The summed E-state index contributed by atoms with van der Waals surface area (Å²) in [6.45, 7) is 6.38. The molecule has 126 valence electrons. The van der Waals surface area contributed by atoms with Crippen LogP contribution >= 0.6 is 0 Å². The lowest BCUT2D eigenvalue weighted by Crippen LogP contribution is -2.49. The summed E-state index contributed by atoms with van der Waals surface area (Å²) < 4.78 is 4.99. The van der Waals surface area contributed by atoms with E-state index in [1.165, 1.54) is 0 Å². The predicted molar refractivity (Wildman–Crippen MR) is 87.9 cm³/mol. The molecule has 0 unspecified atom stereocenters. The van der Waals surface area contributed by atoms with Crippen molar-refractivity contribution in [2.24, 2.45) is 0 Å². The Morgan fingerprint density at radius 2 is 1.83 bits per heavy atom. The fourth-order valence-electron chi connectivity index (χ4n) is 2.51. The van der Waals surface area contributed by atoms with Gasteiger partial charge in [0.15, 0.2) is 0 Å². The molecule has 6 heteroatoms. The van der Waals surface area contributed by atoms with Crippen molar-refractivity contribution in [2.45, 2.75) is 19.9 Å². The largest absolute Gasteiger partial charge is 0.450 e. The summed E-state index contributed by atoms with van der Waals surface area (Å²) in [6, 6.07) is 9.88. The van der Waals surface area contributed by atoms with Crippen molar-refractivity contribution in [1.29, 1.82) is 0 Å². The highest BCUT2D eigenvalue weighted by Gasteiger charge is 2.21. The van der Waals surface area contributed by atoms with E-state index in [4.69, 9.17) is 4.74 Å². The molecule has 0 aliphatic carbocycles. The highest BCUT2D eigenvalue weighted by Crippen LogP contribution is 2.05. The third kappa shape index (κ3) is 5.90. The second-order valence-electron chi connectivity index (χ2n) is 5.54. The minimum atomic E-state index is -0.243. The van der Waals surface area contributed by atoms with Crippen LogP contribution in [0.2, 0.25) is 0 Å². The van der Waals surface area contributed by atoms with Crippen LogP contribution in [0.3, 0.4) is 0 Å². The number of piperazine rings is 1. The predicted octanol–water partition coefficient (Wildman–Crippen LogP) is 1.47. The summed E-state index contributed by atoms with van der Waals surface area (Å²) in [7, 11) is 0. The van der Waals surface area contributed by atoms with Gasteiger partial charge in [-0.15, -0.1) is 0 Å². The summed E-state index contributed by atoms with van der Waals surface area (Å²) in [5.74, 6) is 0.0571. The number of carbonyl (C=O) groups is 2. The molecule has 1 aliphatic rings. The molecule has 6 nitrogen and oxygen atoms in total. The SMILES string of the molecule is CCOC(=O)N1CCN(CCC(=O)NCc2ccccc2)CC1. The van der Waals surface area contributed by atoms with Crippen molar-refractivity contribution in [1.82, 2.24) is 15.1 Å². The van der Waals surface area contributed by atoms with Gasteiger partial charge >= 0.3 is 6.09 Å². The molecule has 0 spiro atoms. The third-order valence-corrected chi connectivity index (χ3v) is 3.89. The van der Waals surface area contributed by atoms with Crippen molar-refractivity contribution in [2.75, 3.05) is 39.3 Å². The Kier molecular flexibility index (Phi) is 6.87. The lowest BCUT2D eigenvalue weighted by Gasteiger charge is -2.33. The van der Waals surface area contributed by atoms with E-state index in [0.717, 1.165) is 25.2 Å². The molecule has 0 aromatic heterocycles. The second kappa shape index (κ2) is 9.15. The van der Waals surface area contributed by atoms with E-state index in [1.807, 2.05) is 37.3 Å². The van der Waals surface area contributed by atoms with Gasteiger partial charge < -0.3 is 15.0 Å². The van der Waals surface area contributed by atoms with Gasteiger partial charge in [-0.25, -0.2) is 4.79 Å². The maximum Gasteiger partial charge on any atom is 0.409 e. The van der Waals surface area contributed by atoms with Crippen LogP contribution in [0.25, 0.3) is 0 Å². The highest BCUT2D eigenvalue weighted by atomic mass is 16.6. The Hall–Kier alpha value is -2.08. The lowest BCUT2D eigenvalue weighted by atomic mass is 10.2. The van der Waals surface area contributed by atoms with Crippen LogP contribution in [0.5, 0.6) is 0 Å². The van der Waals surface area contributed by atoms with E-state index in [9.17, 15) is 9.59 Å². The molecule has 1 aliphatic heterocycles. The summed E-state index contributed by atoms with van der Waals surface area (Å²) in [5, 5.41) is 2.93. The van der Waals surface area contributed by atoms with Gasteiger partial charge in [-0.2, -0.15) is 0 Å². The number of hydrogen-bond donors (Lipinski definition) is 1. The van der Waals surface area contributed by atoms with Gasteiger partial charge in [-0.05, 0) is 12.5 Å². The van der Waals surface area contributed by atoms with E-state index in [-0.39, 0.29) is 12.0 Å². The first kappa shape index (κ1) is 17.3.